The number of aryl methyl sites for hydroxylation is 1. The molecule has 0 saturated carbocycles. The maximum atomic E-state index is 6.08. The number of nitrogens with two attached hydrogens (primary N) is 1. The first-order valence-electron chi connectivity index (χ1n) is 5.48. The quantitative estimate of drug-likeness (QED) is 0.802. The molecule has 0 aliphatic heterocycles. The minimum atomic E-state index is -0.255. The van der Waals surface area contributed by atoms with Crippen LogP contribution in [0.2, 0.25) is 0 Å². The van der Waals surface area contributed by atoms with E-state index in [9.17, 15) is 0 Å². The second-order valence-electron chi connectivity index (χ2n) is 4.44. The molecule has 2 N–H and O–H groups in total. The summed E-state index contributed by atoms with van der Waals surface area (Å²) in [5.41, 5.74) is 7.10. The predicted octanol–water partition coefficient (Wildman–Crippen LogP) is 1.99. The van der Waals surface area contributed by atoms with Crippen LogP contribution in [-0.2, 0) is 11.2 Å². The van der Waals surface area contributed by atoms with Crippen molar-refractivity contribution in [2.24, 2.45) is 5.73 Å². The fourth-order valence-electron chi connectivity index (χ4n) is 1.62. The Bertz CT molecular complexity index is 306. The molecule has 0 bridgehead atoms. The van der Waals surface area contributed by atoms with Crippen molar-refractivity contribution in [3.63, 3.8) is 0 Å². The van der Waals surface area contributed by atoms with Crippen LogP contribution in [0.5, 0.6) is 5.75 Å². The molecule has 1 aromatic rings. The zero-order chi connectivity index (χ0) is 12.0. The maximum absolute atomic E-state index is 6.08. The van der Waals surface area contributed by atoms with Crippen LogP contribution >= 0.6 is 0 Å². The van der Waals surface area contributed by atoms with E-state index >= 15 is 0 Å². The third-order valence-electron chi connectivity index (χ3n) is 2.62. The van der Waals surface area contributed by atoms with Crippen LogP contribution in [0.3, 0.4) is 0 Å². The molecule has 3 heteroatoms. The molecule has 1 atom stereocenters. The topological polar surface area (TPSA) is 44.5 Å². The van der Waals surface area contributed by atoms with Crippen LogP contribution in [0.1, 0.15) is 18.9 Å². The monoisotopic (exact) mass is 223 g/mol. The van der Waals surface area contributed by atoms with Crippen molar-refractivity contribution in [3.05, 3.63) is 29.8 Å². The lowest BCUT2D eigenvalue weighted by Gasteiger charge is -2.23. The SMILES string of the molecule is COCC(C)(N)CCc1ccc(OC)cc1. The Kier molecular flexibility index (Phi) is 4.77. The molecule has 3 nitrogen and oxygen atoms in total. The van der Waals surface area contributed by atoms with Gasteiger partial charge in [-0.1, -0.05) is 12.1 Å². The summed E-state index contributed by atoms with van der Waals surface area (Å²) in [5, 5.41) is 0. The standard InChI is InChI=1S/C13H21NO2/c1-13(14,10-15-2)9-8-11-4-6-12(16-3)7-5-11/h4-7H,8-10,14H2,1-3H3. The lowest BCUT2D eigenvalue weighted by molar-refractivity contribution is 0.136. The Labute approximate surface area is 97.6 Å². The highest BCUT2D eigenvalue weighted by molar-refractivity contribution is 5.27. The fraction of sp³-hybridized carbons (Fsp3) is 0.538. The molecule has 1 unspecified atom stereocenters. The van der Waals surface area contributed by atoms with E-state index in [1.807, 2.05) is 19.1 Å². The van der Waals surface area contributed by atoms with Crippen LogP contribution in [-0.4, -0.2) is 26.4 Å². The van der Waals surface area contributed by atoms with Gasteiger partial charge in [0.15, 0.2) is 0 Å². The first kappa shape index (κ1) is 13.0. The lowest BCUT2D eigenvalue weighted by Crippen LogP contribution is -2.41. The van der Waals surface area contributed by atoms with E-state index in [1.54, 1.807) is 14.2 Å². The summed E-state index contributed by atoms with van der Waals surface area (Å²) in [6.07, 6.45) is 1.87. The average molecular weight is 223 g/mol. The van der Waals surface area contributed by atoms with Gasteiger partial charge in [-0.2, -0.15) is 0 Å². The minimum Gasteiger partial charge on any atom is -0.497 e. The van der Waals surface area contributed by atoms with Crippen molar-refractivity contribution in [2.45, 2.75) is 25.3 Å². The normalized spacial score (nSPS) is 14.5. The molecule has 1 rings (SSSR count). The van der Waals surface area contributed by atoms with Gasteiger partial charge in [-0.25, -0.2) is 0 Å². The van der Waals surface area contributed by atoms with E-state index in [2.05, 4.69) is 12.1 Å². The zero-order valence-electron chi connectivity index (χ0n) is 10.3. The molecule has 0 heterocycles. The zero-order valence-corrected chi connectivity index (χ0v) is 10.3. The van der Waals surface area contributed by atoms with Crippen LogP contribution in [0.25, 0.3) is 0 Å². The number of benzene rings is 1. The Hall–Kier alpha value is -1.06. The van der Waals surface area contributed by atoms with Gasteiger partial charge in [-0.05, 0) is 37.5 Å². The van der Waals surface area contributed by atoms with Crippen molar-refractivity contribution in [3.8, 4) is 5.75 Å². The molecule has 0 fully saturated rings. The predicted molar refractivity (Wildman–Crippen MR) is 65.8 cm³/mol. The van der Waals surface area contributed by atoms with Crippen molar-refractivity contribution in [1.82, 2.24) is 0 Å². The van der Waals surface area contributed by atoms with E-state index in [0.29, 0.717) is 6.61 Å². The van der Waals surface area contributed by atoms with E-state index in [1.165, 1.54) is 5.56 Å². The molecular formula is C13H21NO2. The number of hydrogen-bond acceptors (Lipinski definition) is 3. The minimum absolute atomic E-state index is 0.255. The number of ether oxygens (including phenoxy) is 2. The summed E-state index contributed by atoms with van der Waals surface area (Å²) in [4.78, 5) is 0. The summed E-state index contributed by atoms with van der Waals surface area (Å²) in [7, 11) is 3.35. The highest BCUT2D eigenvalue weighted by Gasteiger charge is 2.17. The van der Waals surface area contributed by atoms with Crippen LogP contribution in [0, 0.1) is 0 Å². The maximum Gasteiger partial charge on any atom is 0.118 e. The Morgan fingerprint density at radius 2 is 1.81 bits per heavy atom. The van der Waals surface area contributed by atoms with Gasteiger partial charge in [0.1, 0.15) is 5.75 Å². The summed E-state index contributed by atoms with van der Waals surface area (Å²) in [6, 6.07) is 8.09. The molecular weight excluding hydrogens is 202 g/mol. The molecule has 0 aliphatic rings. The average Bonchev–Trinajstić information content (AvgIpc) is 2.27. The van der Waals surface area contributed by atoms with Gasteiger partial charge in [-0.15, -0.1) is 0 Å². The first-order valence-corrected chi connectivity index (χ1v) is 5.48. The van der Waals surface area contributed by atoms with Crippen molar-refractivity contribution >= 4 is 0 Å². The summed E-state index contributed by atoms with van der Waals surface area (Å²) >= 11 is 0. The second kappa shape index (κ2) is 5.87. The number of methoxy groups -OCH3 is 2. The van der Waals surface area contributed by atoms with E-state index < -0.39 is 0 Å². The van der Waals surface area contributed by atoms with E-state index in [0.717, 1.165) is 18.6 Å². The molecule has 0 aliphatic carbocycles. The summed E-state index contributed by atoms with van der Waals surface area (Å²) in [5.74, 6) is 0.885. The van der Waals surface area contributed by atoms with Gasteiger partial charge < -0.3 is 15.2 Å². The molecule has 0 amide bonds. The van der Waals surface area contributed by atoms with Gasteiger partial charge in [0.05, 0.1) is 13.7 Å². The Balaban J connectivity index is 2.48. The molecule has 0 spiro atoms. The molecule has 0 radical (unpaired) electrons. The second-order valence-corrected chi connectivity index (χ2v) is 4.44. The van der Waals surface area contributed by atoms with Gasteiger partial charge in [0.2, 0.25) is 0 Å². The Morgan fingerprint density at radius 1 is 1.19 bits per heavy atom. The smallest absolute Gasteiger partial charge is 0.118 e. The Morgan fingerprint density at radius 3 is 2.31 bits per heavy atom. The molecule has 16 heavy (non-hydrogen) atoms. The van der Waals surface area contributed by atoms with Crippen LogP contribution in [0.4, 0.5) is 0 Å². The molecule has 0 saturated heterocycles. The van der Waals surface area contributed by atoms with Crippen molar-refractivity contribution < 1.29 is 9.47 Å². The highest BCUT2D eigenvalue weighted by Crippen LogP contribution is 2.15. The summed E-state index contributed by atoms with van der Waals surface area (Å²) < 4.78 is 10.2. The number of rotatable bonds is 6. The van der Waals surface area contributed by atoms with Gasteiger partial charge in [0.25, 0.3) is 0 Å². The third-order valence-corrected chi connectivity index (χ3v) is 2.62. The highest BCUT2D eigenvalue weighted by atomic mass is 16.5. The lowest BCUT2D eigenvalue weighted by atomic mass is 9.95. The molecule has 90 valence electrons. The number of hydrogen-bond donors (Lipinski definition) is 1. The summed E-state index contributed by atoms with van der Waals surface area (Å²) in [6.45, 7) is 2.60. The molecule has 0 aromatic heterocycles. The van der Waals surface area contributed by atoms with Crippen LogP contribution < -0.4 is 10.5 Å². The third kappa shape index (κ3) is 4.21. The largest absolute Gasteiger partial charge is 0.497 e. The van der Waals surface area contributed by atoms with Gasteiger partial charge in [0, 0.05) is 12.6 Å². The molecule has 1 aromatic carbocycles. The van der Waals surface area contributed by atoms with E-state index in [-0.39, 0.29) is 5.54 Å². The van der Waals surface area contributed by atoms with E-state index in [4.69, 9.17) is 15.2 Å². The fourth-order valence-corrected chi connectivity index (χ4v) is 1.62. The van der Waals surface area contributed by atoms with Crippen molar-refractivity contribution in [2.75, 3.05) is 20.8 Å². The van der Waals surface area contributed by atoms with Crippen molar-refractivity contribution in [1.29, 1.82) is 0 Å². The van der Waals surface area contributed by atoms with Gasteiger partial charge in [-0.3, -0.25) is 0 Å². The van der Waals surface area contributed by atoms with Crippen LogP contribution in [0.15, 0.2) is 24.3 Å². The van der Waals surface area contributed by atoms with Gasteiger partial charge >= 0.3 is 0 Å². The first-order chi connectivity index (χ1) is 7.57.